The van der Waals surface area contributed by atoms with Gasteiger partial charge >= 0.3 is 0 Å². The molecule has 4 rings (SSSR count). The number of carbonyl (C=O) groups excluding carboxylic acids is 1. The molecular weight excluding hydrogens is 304 g/mol. The van der Waals surface area contributed by atoms with Crippen LogP contribution in [0.4, 0.5) is 5.82 Å². The molecule has 4 heterocycles. The fraction of sp³-hybridized carbons (Fsp3) is 0.294. The van der Waals surface area contributed by atoms with Crippen LogP contribution in [0, 0.1) is 0 Å². The molecule has 1 aliphatic rings. The quantitative estimate of drug-likeness (QED) is 0.771. The van der Waals surface area contributed by atoms with E-state index < -0.39 is 0 Å². The van der Waals surface area contributed by atoms with Crippen molar-refractivity contribution in [1.82, 2.24) is 24.8 Å². The van der Waals surface area contributed by atoms with Crippen LogP contribution in [0.1, 0.15) is 23.2 Å². The standard InChI is InChI=1S/C17H18N6O/c24-17(12-1-6-18-7-2-12)23-9-4-13(5-10-23)22-16-14-3-8-19-15(14)20-11-21-16/h1-3,6-8,11,13H,4-5,9-10H2,(H2,19,20,21,22). The third kappa shape index (κ3) is 2.80. The van der Waals surface area contributed by atoms with Gasteiger partial charge < -0.3 is 15.2 Å². The topological polar surface area (TPSA) is 86.8 Å². The molecule has 7 nitrogen and oxygen atoms in total. The molecule has 7 heteroatoms. The van der Waals surface area contributed by atoms with Crippen molar-refractivity contribution >= 4 is 22.8 Å². The second-order valence-electron chi connectivity index (χ2n) is 5.91. The molecular formula is C17H18N6O. The summed E-state index contributed by atoms with van der Waals surface area (Å²) >= 11 is 0. The van der Waals surface area contributed by atoms with Crippen LogP contribution in [0.15, 0.2) is 43.1 Å². The second-order valence-corrected chi connectivity index (χ2v) is 5.91. The molecule has 1 fully saturated rings. The van der Waals surface area contributed by atoms with E-state index >= 15 is 0 Å². The number of fused-ring (bicyclic) bond motifs is 1. The average molecular weight is 322 g/mol. The number of likely N-dealkylation sites (tertiary alicyclic amines) is 1. The zero-order valence-electron chi connectivity index (χ0n) is 13.1. The van der Waals surface area contributed by atoms with Gasteiger partial charge in [0.15, 0.2) is 0 Å². The monoisotopic (exact) mass is 322 g/mol. The maximum atomic E-state index is 12.5. The fourth-order valence-electron chi connectivity index (χ4n) is 3.08. The number of H-pyrrole nitrogens is 1. The second kappa shape index (κ2) is 6.27. The third-order valence-electron chi connectivity index (χ3n) is 4.40. The summed E-state index contributed by atoms with van der Waals surface area (Å²) in [6.45, 7) is 1.47. The van der Waals surface area contributed by atoms with Gasteiger partial charge in [-0.1, -0.05) is 0 Å². The van der Waals surface area contributed by atoms with Gasteiger partial charge in [0, 0.05) is 43.3 Å². The highest BCUT2D eigenvalue weighted by atomic mass is 16.2. The van der Waals surface area contributed by atoms with Gasteiger partial charge in [0.2, 0.25) is 0 Å². The Morgan fingerprint density at radius 1 is 1.17 bits per heavy atom. The van der Waals surface area contributed by atoms with Crippen molar-refractivity contribution in [3.05, 3.63) is 48.7 Å². The maximum Gasteiger partial charge on any atom is 0.253 e. The number of anilines is 1. The van der Waals surface area contributed by atoms with Gasteiger partial charge in [-0.15, -0.1) is 0 Å². The molecule has 0 unspecified atom stereocenters. The molecule has 1 aliphatic heterocycles. The summed E-state index contributed by atoms with van der Waals surface area (Å²) in [5.41, 5.74) is 1.53. The lowest BCUT2D eigenvalue weighted by molar-refractivity contribution is 0.0718. The van der Waals surface area contributed by atoms with Gasteiger partial charge in [0.05, 0.1) is 5.39 Å². The first-order valence-corrected chi connectivity index (χ1v) is 8.05. The predicted molar refractivity (Wildman–Crippen MR) is 90.7 cm³/mol. The number of piperidine rings is 1. The smallest absolute Gasteiger partial charge is 0.253 e. The minimum Gasteiger partial charge on any atom is -0.367 e. The molecule has 1 amide bonds. The van der Waals surface area contributed by atoms with Crippen molar-refractivity contribution < 1.29 is 4.79 Å². The number of pyridine rings is 1. The van der Waals surface area contributed by atoms with Crippen molar-refractivity contribution in [2.45, 2.75) is 18.9 Å². The number of rotatable bonds is 3. The van der Waals surface area contributed by atoms with E-state index in [1.165, 1.54) is 0 Å². The molecule has 1 saturated heterocycles. The molecule has 0 aromatic carbocycles. The van der Waals surface area contributed by atoms with Crippen LogP contribution in [0.5, 0.6) is 0 Å². The Labute approximate surface area is 139 Å². The van der Waals surface area contributed by atoms with Crippen LogP contribution in [-0.2, 0) is 0 Å². The number of aromatic amines is 1. The minimum atomic E-state index is 0.0749. The van der Waals surface area contributed by atoms with Gasteiger partial charge in [-0.3, -0.25) is 9.78 Å². The highest BCUT2D eigenvalue weighted by Gasteiger charge is 2.24. The van der Waals surface area contributed by atoms with Crippen LogP contribution < -0.4 is 5.32 Å². The maximum absolute atomic E-state index is 12.5. The van der Waals surface area contributed by atoms with Crippen molar-refractivity contribution in [3.63, 3.8) is 0 Å². The van der Waals surface area contributed by atoms with Crippen LogP contribution >= 0.6 is 0 Å². The highest BCUT2D eigenvalue weighted by Crippen LogP contribution is 2.22. The lowest BCUT2D eigenvalue weighted by atomic mass is 10.0. The molecule has 0 saturated carbocycles. The van der Waals surface area contributed by atoms with E-state index in [0.29, 0.717) is 11.6 Å². The molecule has 3 aromatic rings. The first-order chi connectivity index (χ1) is 11.8. The predicted octanol–water partition coefficient (Wildman–Crippen LogP) is 2.07. The van der Waals surface area contributed by atoms with Crippen molar-refractivity contribution in [2.75, 3.05) is 18.4 Å². The Balaban J connectivity index is 1.40. The van der Waals surface area contributed by atoms with Gasteiger partial charge in [0.1, 0.15) is 17.8 Å². The Hall–Kier alpha value is -2.96. The molecule has 3 aromatic heterocycles. The Morgan fingerprint density at radius 3 is 2.75 bits per heavy atom. The molecule has 2 N–H and O–H groups in total. The SMILES string of the molecule is O=C(c1ccncc1)N1CCC(Nc2ncnc3[nH]ccc23)CC1. The summed E-state index contributed by atoms with van der Waals surface area (Å²) in [6.07, 6.45) is 8.51. The van der Waals surface area contributed by atoms with E-state index in [0.717, 1.165) is 42.8 Å². The van der Waals surface area contributed by atoms with E-state index in [4.69, 9.17) is 0 Å². The fourth-order valence-corrected chi connectivity index (χ4v) is 3.08. The normalized spacial score (nSPS) is 15.6. The molecule has 122 valence electrons. The molecule has 0 spiro atoms. The van der Waals surface area contributed by atoms with E-state index in [1.54, 1.807) is 30.9 Å². The minimum absolute atomic E-state index is 0.0749. The number of nitrogens with zero attached hydrogens (tertiary/aromatic N) is 4. The summed E-state index contributed by atoms with van der Waals surface area (Å²) in [5.74, 6) is 0.922. The summed E-state index contributed by atoms with van der Waals surface area (Å²) in [6, 6.07) is 5.80. The molecule has 24 heavy (non-hydrogen) atoms. The zero-order chi connectivity index (χ0) is 16.4. The largest absolute Gasteiger partial charge is 0.367 e. The van der Waals surface area contributed by atoms with E-state index in [1.807, 2.05) is 17.2 Å². The van der Waals surface area contributed by atoms with Gasteiger partial charge in [0.25, 0.3) is 5.91 Å². The molecule has 0 bridgehead atoms. The first kappa shape index (κ1) is 14.6. The number of amides is 1. The number of aromatic nitrogens is 4. The number of carbonyl (C=O) groups is 1. The third-order valence-corrected chi connectivity index (χ3v) is 4.40. The van der Waals surface area contributed by atoms with Crippen molar-refractivity contribution in [2.24, 2.45) is 0 Å². The van der Waals surface area contributed by atoms with Crippen molar-refractivity contribution in [1.29, 1.82) is 0 Å². The Morgan fingerprint density at radius 2 is 1.96 bits per heavy atom. The van der Waals surface area contributed by atoms with Gasteiger partial charge in [-0.25, -0.2) is 9.97 Å². The summed E-state index contributed by atoms with van der Waals surface area (Å²) in [4.78, 5) is 29.9. The molecule has 0 radical (unpaired) electrons. The summed E-state index contributed by atoms with van der Waals surface area (Å²) in [7, 11) is 0. The molecule has 0 aliphatic carbocycles. The van der Waals surface area contributed by atoms with Crippen molar-refractivity contribution in [3.8, 4) is 0 Å². The van der Waals surface area contributed by atoms with E-state index in [9.17, 15) is 4.79 Å². The lowest BCUT2D eigenvalue weighted by Gasteiger charge is -2.32. The summed E-state index contributed by atoms with van der Waals surface area (Å²) < 4.78 is 0. The van der Waals surface area contributed by atoms with Crippen LogP contribution in [0.3, 0.4) is 0 Å². The number of hydrogen-bond acceptors (Lipinski definition) is 5. The van der Waals surface area contributed by atoms with Gasteiger partial charge in [-0.2, -0.15) is 0 Å². The van der Waals surface area contributed by atoms with E-state index in [-0.39, 0.29) is 5.91 Å². The van der Waals surface area contributed by atoms with Crippen LogP contribution in [0.25, 0.3) is 11.0 Å². The average Bonchev–Trinajstić information content (AvgIpc) is 3.12. The zero-order valence-corrected chi connectivity index (χ0v) is 13.1. The summed E-state index contributed by atoms with van der Waals surface area (Å²) in [5, 5.41) is 4.48. The van der Waals surface area contributed by atoms with Crippen LogP contribution in [-0.4, -0.2) is 49.9 Å². The number of nitrogens with one attached hydrogen (secondary N) is 2. The Bertz CT molecular complexity index is 838. The Kier molecular flexibility index (Phi) is 3.82. The highest BCUT2D eigenvalue weighted by molar-refractivity contribution is 5.94. The van der Waals surface area contributed by atoms with E-state index in [2.05, 4.69) is 25.3 Å². The number of hydrogen-bond donors (Lipinski definition) is 2. The van der Waals surface area contributed by atoms with Crippen LogP contribution in [0.2, 0.25) is 0 Å². The molecule has 0 atom stereocenters. The lowest BCUT2D eigenvalue weighted by Crippen LogP contribution is -2.42. The first-order valence-electron chi connectivity index (χ1n) is 8.05. The van der Waals surface area contributed by atoms with Gasteiger partial charge in [-0.05, 0) is 31.0 Å².